The number of aromatic nitrogens is 2. The molecule has 2 aromatic heterocycles. The summed E-state index contributed by atoms with van der Waals surface area (Å²) in [6.07, 6.45) is 4.34. The minimum Gasteiger partial charge on any atom is -0.309 e. The van der Waals surface area contributed by atoms with Gasteiger partial charge in [0.05, 0.1) is 15.7 Å². The number of pyridine rings is 1. The van der Waals surface area contributed by atoms with Crippen molar-refractivity contribution in [2.24, 2.45) is 0 Å². The zero-order valence-corrected chi connectivity index (χ0v) is 13.0. The second-order valence-electron chi connectivity index (χ2n) is 4.46. The highest BCUT2D eigenvalue weighted by molar-refractivity contribution is 7.11. The van der Waals surface area contributed by atoms with Gasteiger partial charge in [-0.3, -0.25) is 4.98 Å². The number of hydrogen-bond donors (Lipinski definition) is 1. The van der Waals surface area contributed by atoms with Gasteiger partial charge in [0, 0.05) is 23.3 Å². The number of aryl methyl sites for hydroxylation is 2. The van der Waals surface area contributed by atoms with Crippen molar-refractivity contribution in [1.82, 2.24) is 15.3 Å². The first-order chi connectivity index (χ1) is 9.11. The van der Waals surface area contributed by atoms with Crippen LogP contribution in [0.5, 0.6) is 0 Å². The molecule has 0 aliphatic heterocycles. The van der Waals surface area contributed by atoms with Crippen LogP contribution in [0.2, 0.25) is 5.02 Å². The van der Waals surface area contributed by atoms with Crippen LogP contribution in [0.1, 0.15) is 34.1 Å². The van der Waals surface area contributed by atoms with Crippen LogP contribution in [0.4, 0.5) is 0 Å². The number of likely N-dealkylation sites (N-methyl/N-ethyl adjacent to an activating group) is 1. The second kappa shape index (κ2) is 6.46. The van der Waals surface area contributed by atoms with E-state index in [4.69, 9.17) is 11.6 Å². The third-order valence-corrected chi connectivity index (χ3v) is 4.51. The van der Waals surface area contributed by atoms with Crippen LogP contribution in [-0.2, 0) is 6.42 Å². The topological polar surface area (TPSA) is 37.8 Å². The molecule has 0 saturated heterocycles. The molecule has 102 valence electrons. The van der Waals surface area contributed by atoms with Crippen LogP contribution in [-0.4, -0.2) is 16.5 Å². The number of nitrogens with one attached hydrogen (secondary N) is 1. The number of rotatable bonds is 5. The van der Waals surface area contributed by atoms with Crippen molar-refractivity contribution < 1.29 is 0 Å². The highest BCUT2D eigenvalue weighted by Gasteiger charge is 2.18. The van der Waals surface area contributed by atoms with Gasteiger partial charge >= 0.3 is 0 Å². The van der Waals surface area contributed by atoms with Crippen LogP contribution in [0, 0.1) is 13.8 Å². The number of halogens is 1. The summed E-state index contributed by atoms with van der Waals surface area (Å²) in [5, 5.41) is 5.35. The highest BCUT2D eigenvalue weighted by atomic mass is 35.5. The first-order valence-corrected chi connectivity index (χ1v) is 7.57. The summed E-state index contributed by atoms with van der Waals surface area (Å²) in [5.41, 5.74) is 2.23. The lowest BCUT2D eigenvalue weighted by atomic mass is 10.0. The third-order valence-electron chi connectivity index (χ3n) is 2.99. The molecule has 3 nitrogen and oxygen atoms in total. The molecule has 1 unspecified atom stereocenters. The maximum absolute atomic E-state index is 6.20. The largest absolute Gasteiger partial charge is 0.309 e. The van der Waals surface area contributed by atoms with Gasteiger partial charge in [0.15, 0.2) is 0 Å². The summed E-state index contributed by atoms with van der Waals surface area (Å²) in [7, 11) is 0. The fourth-order valence-electron chi connectivity index (χ4n) is 2.16. The van der Waals surface area contributed by atoms with Gasteiger partial charge in [0.25, 0.3) is 0 Å². The molecule has 2 rings (SSSR count). The van der Waals surface area contributed by atoms with Crippen molar-refractivity contribution in [2.45, 2.75) is 33.2 Å². The molecule has 1 N–H and O–H groups in total. The van der Waals surface area contributed by atoms with Crippen molar-refractivity contribution in [2.75, 3.05) is 6.54 Å². The summed E-state index contributed by atoms with van der Waals surface area (Å²) in [4.78, 5) is 9.84. The molecule has 2 aromatic rings. The lowest BCUT2D eigenvalue weighted by molar-refractivity contribution is 0.554. The molecule has 0 bridgehead atoms. The molecule has 0 aliphatic carbocycles. The fraction of sp³-hybridized carbons (Fsp3) is 0.429. The normalized spacial score (nSPS) is 12.6. The smallest absolute Gasteiger partial charge is 0.0900 e. The predicted octanol–water partition coefficient (Wildman–Crippen LogP) is 3.70. The van der Waals surface area contributed by atoms with E-state index in [-0.39, 0.29) is 6.04 Å². The Morgan fingerprint density at radius 3 is 2.79 bits per heavy atom. The lowest BCUT2D eigenvalue weighted by Gasteiger charge is -2.17. The molecule has 0 radical (unpaired) electrons. The van der Waals surface area contributed by atoms with E-state index >= 15 is 0 Å². The van der Waals surface area contributed by atoms with E-state index in [9.17, 15) is 0 Å². The molecule has 0 aliphatic rings. The van der Waals surface area contributed by atoms with Crippen molar-refractivity contribution in [1.29, 1.82) is 0 Å². The number of thiazole rings is 1. The van der Waals surface area contributed by atoms with E-state index < -0.39 is 0 Å². The summed E-state index contributed by atoms with van der Waals surface area (Å²) in [6.45, 7) is 7.15. The van der Waals surface area contributed by atoms with Crippen LogP contribution >= 0.6 is 22.9 Å². The van der Waals surface area contributed by atoms with Gasteiger partial charge in [-0.25, -0.2) is 4.98 Å². The molecule has 5 heteroatoms. The van der Waals surface area contributed by atoms with Gasteiger partial charge in [0.2, 0.25) is 0 Å². The third kappa shape index (κ3) is 3.53. The Bertz CT molecular complexity index is 553. The average Bonchev–Trinajstić information content (AvgIpc) is 2.70. The Labute approximate surface area is 123 Å². The van der Waals surface area contributed by atoms with Gasteiger partial charge in [-0.2, -0.15) is 0 Å². The Balaban J connectivity index is 2.26. The second-order valence-corrected chi connectivity index (χ2v) is 6.11. The Morgan fingerprint density at radius 2 is 2.21 bits per heavy atom. The molecular formula is C14H18ClN3S. The molecule has 0 fully saturated rings. The summed E-state index contributed by atoms with van der Waals surface area (Å²) in [5.74, 6) is 0. The van der Waals surface area contributed by atoms with Crippen LogP contribution in [0.25, 0.3) is 0 Å². The van der Waals surface area contributed by atoms with Crippen molar-refractivity contribution in [3.63, 3.8) is 0 Å². The Hall–Kier alpha value is -0.970. The first-order valence-electron chi connectivity index (χ1n) is 6.37. The molecule has 0 aromatic carbocycles. The van der Waals surface area contributed by atoms with E-state index in [0.717, 1.165) is 34.3 Å². The molecule has 1 atom stereocenters. The maximum Gasteiger partial charge on any atom is 0.0900 e. The fourth-order valence-corrected chi connectivity index (χ4v) is 3.36. The van der Waals surface area contributed by atoms with E-state index in [1.165, 1.54) is 4.88 Å². The highest BCUT2D eigenvalue weighted by Crippen LogP contribution is 2.29. The van der Waals surface area contributed by atoms with Crippen molar-refractivity contribution in [3.8, 4) is 0 Å². The van der Waals surface area contributed by atoms with Gasteiger partial charge < -0.3 is 5.32 Å². The summed E-state index contributed by atoms with van der Waals surface area (Å²) >= 11 is 7.95. The lowest BCUT2D eigenvalue weighted by Crippen LogP contribution is -2.23. The zero-order chi connectivity index (χ0) is 13.8. The summed E-state index contributed by atoms with van der Waals surface area (Å²) in [6, 6.07) is 2.24. The molecule has 0 amide bonds. The first kappa shape index (κ1) is 14.4. The molecule has 19 heavy (non-hydrogen) atoms. The standard InChI is InChI=1S/C14H18ClN3S/c1-4-17-13(14-9(2)18-10(3)19-14)7-11-5-6-16-8-12(11)15/h5-6,8,13,17H,4,7H2,1-3H3. The Morgan fingerprint density at radius 1 is 1.42 bits per heavy atom. The van der Waals surface area contributed by atoms with Gasteiger partial charge in [-0.05, 0) is 38.4 Å². The average molecular weight is 296 g/mol. The number of nitrogens with zero attached hydrogens (tertiary/aromatic N) is 2. The SMILES string of the molecule is CCNC(Cc1ccncc1Cl)c1sc(C)nc1C. The van der Waals surface area contributed by atoms with Crippen LogP contribution in [0.15, 0.2) is 18.5 Å². The van der Waals surface area contributed by atoms with Crippen molar-refractivity contribution in [3.05, 3.63) is 44.6 Å². The number of hydrogen-bond acceptors (Lipinski definition) is 4. The van der Waals surface area contributed by atoms with Crippen molar-refractivity contribution >= 4 is 22.9 Å². The molecule has 2 heterocycles. The van der Waals surface area contributed by atoms with Crippen LogP contribution in [0.3, 0.4) is 0 Å². The van der Waals surface area contributed by atoms with E-state index in [0.29, 0.717) is 0 Å². The summed E-state index contributed by atoms with van der Waals surface area (Å²) < 4.78 is 0. The predicted molar refractivity (Wildman–Crippen MR) is 81.0 cm³/mol. The van der Waals surface area contributed by atoms with Gasteiger partial charge in [-0.1, -0.05) is 18.5 Å². The Kier molecular flexibility index (Phi) is 4.91. The van der Waals surface area contributed by atoms with E-state index in [1.807, 2.05) is 13.0 Å². The van der Waals surface area contributed by atoms with Crippen LogP contribution < -0.4 is 5.32 Å². The minimum atomic E-state index is 0.260. The molecular weight excluding hydrogens is 278 g/mol. The zero-order valence-electron chi connectivity index (χ0n) is 11.4. The van der Waals surface area contributed by atoms with E-state index in [2.05, 4.69) is 29.1 Å². The molecule has 0 saturated carbocycles. The molecule has 0 spiro atoms. The van der Waals surface area contributed by atoms with Gasteiger partial charge in [-0.15, -0.1) is 11.3 Å². The quantitative estimate of drug-likeness (QED) is 0.914. The van der Waals surface area contributed by atoms with Gasteiger partial charge in [0.1, 0.15) is 0 Å². The minimum absolute atomic E-state index is 0.260. The van der Waals surface area contributed by atoms with E-state index in [1.54, 1.807) is 23.7 Å². The maximum atomic E-state index is 6.20. The monoisotopic (exact) mass is 295 g/mol.